The number of carbonyl (C=O) groups excluding carboxylic acids is 4. The highest BCUT2D eigenvalue weighted by Gasteiger charge is 2.42. The van der Waals surface area contributed by atoms with E-state index >= 15 is 0 Å². The molecular weight excluding hydrogens is 342 g/mol. The minimum Gasteiger partial charge on any atom is -0.396 e. The van der Waals surface area contributed by atoms with Crippen LogP contribution in [0.4, 0.5) is 0 Å². The minimum atomic E-state index is -0.978. The zero-order valence-corrected chi connectivity index (χ0v) is 15.0. The van der Waals surface area contributed by atoms with Gasteiger partial charge in [-0.15, -0.1) is 0 Å². The quantitative estimate of drug-likeness (QED) is 0.497. The van der Waals surface area contributed by atoms with Crippen LogP contribution >= 0.6 is 0 Å². The molecule has 0 aromatic rings. The van der Waals surface area contributed by atoms with Gasteiger partial charge in [0.05, 0.1) is 13.2 Å². The first-order valence-corrected chi connectivity index (χ1v) is 9.03. The molecule has 2 heterocycles. The van der Waals surface area contributed by atoms with Crippen molar-refractivity contribution in [3.8, 4) is 0 Å². The maximum Gasteiger partial charge on any atom is 0.246 e. The van der Waals surface area contributed by atoms with E-state index in [2.05, 4.69) is 5.32 Å². The fourth-order valence-electron chi connectivity index (χ4n) is 3.60. The molecule has 2 saturated heterocycles. The molecule has 0 spiro atoms. The average Bonchev–Trinajstić information content (AvgIpc) is 3.27. The van der Waals surface area contributed by atoms with Crippen molar-refractivity contribution in [1.82, 2.24) is 15.1 Å². The van der Waals surface area contributed by atoms with E-state index in [1.807, 2.05) is 0 Å². The Labute approximate surface area is 152 Å². The first-order valence-electron chi connectivity index (χ1n) is 9.03. The topological polar surface area (TPSA) is 127 Å². The van der Waals surface area contributed by atoms with Crippen LogP contribution in [0.1, 0.15) is 39.0 Å². The number of aliphatic hydroxyl groups excluding tert-OH is 2. The Morgan fingerprint density at radius 2 is 1.65 bits per heavy atom. The summed E-state index contributed by atoms with van der Waals surface area (Å²) in [5.41, 5.74) is 0. The predicted octanol–water partition coefficient (Wildman–Crippen LogP) is -1.58. The van der Waals surface area contributed by atoms with Gasteiger partial charge in [0.2, 0.25) is 17.7 Å². The number of hydrogen-bond acceptors (Lipinski definition) is 6. The molecule has 3 N–H and O–H groups in total. The minimum absolute atomic E-state index is 0.0233. The Balaban J connectivity index is 2.06. The lowest BCUT2D eigenvalue weighted by atomic mass is 10.1. The zero-order chi connectivity index (χ0) is 19.3. The highest BCUT2D eigenvalue weighted by Crippen LogP contribution is 2.25. The summed E-state index contributed by atoms with van der Waals surface area (Å²) < 4.78 is 0. The van der Waals surface area contributed by atoms with Gasteiger partial charge in [-0.1, -0.05) is 0 Å². The SMILES string of the molecule is CC(=O)[C@H](CO)NC(=O)[C@@H]1CCCN1C(=O)[C@@H]1CCCN1C(=O)CCO. The van der Waals surface area contributed by atoms with E-state index < -0.39 is 30.6 Å². The normalized spacial score (nSPS) is 23.8. The van der Waals surface area contributed by atoms with Crippen molar-refractivity contribution in [2.75, 3.05) is 26.3 Å². The summed E-state index contributed by atoms with van der Waals surface area (Å²) in [6.07, 6.45) is 2.35. The molecule has 0 aromatic carbocycles. The maximum absolute atomic E-state index is 12.9. The number of hydrogen-bond donors (Lipinski definition) is 3. The largest absolute Gasteiger partial charge is 0.396 e. The molecule has 26 heavy (non-hydrogen) atoms. The number of likely N-dealkylation sites (tertiary alicyclic amines) is 2. The Morgan fingerprint density at radius 3 is 2.23 bits per heavy atom. The van der Waals surface area contributed by atoms with Gasteiger partial charge in [0.1, 0.15) is 18.1 Å². The first kappa shape index (κ1) is 20.3. The molecule has 0 unspecified atom stereocenters. The predicted molar refractivity (Wildman–Crippen MR) is 90.9 cm³/mol. The van der Waals surface area contributed by atoms with Gasteiger partial charge in [-0.25, -0.2) is 0 Å². The Bertz CT molecular complexity index is 567. The lowest BCUT2D eigenvalue weighted by molar-refractivity contribution is -0.147. The summed E-state index contributed by atoms with van der Waals surface area (Å²) in [6.45, 7) is 1.41. The second-order valence-electron chi connectivity index (χ2n) is 6.76. The molecule has 0 saturated carbocycles. The van der Waals surface area contributed by atoms with Gasteiger partial charge < -0.3 is 25.3 Å². The summed E-state index contributed by atoms with van der Waals surface area (Å²) in [5, 5.41) is 20.6. The molecule has 3 atom stereocenters. The Kier molecular flexibility index (Phi) is 7.10. The number of nitrogens with zero attached hydrogens (tertiary/aromatic N) is 2. The van der Waals surface area contributed by atoms with E-state index in [0.717, 1.165) is 0 Å². The van der Waals surface area contributed by atoms with E-state index in [4.69, 9.17) is 5.11 Å². The second-order valence-corrected chi connectivity index (χ2v) is 6.76. The third kappa shape index (κ3) is 4.39. The van der Waals surface area contributed by atoms with Crippen molar-refractivity contribution in [2.24, 2.45) is 0 Å². The van der Waals surface area contributed by atoms with Crippen molar-refractivity contribution in [1.29, 1.82) is 0 Å². The van der Waals surface area contributed by atoms with Crippen LogP contribution in [0.5, 0.6) is 0 Å². The number of carbonyl (C=O) groups is 4. The monoisotopic (exact) mass is 369 g/mol. The molecule has 2 rings (SSSR count). The van der Waals surface area contributed by atoms with Crippen molar-refractivity contribution < 1.29 is 29.4 Å². The van der Waals surface area contributed by atoms with E-state index in [-0.39, 0.29) is 30.6 Å². The standard InChI is InChI=1S/C17H27N3O6/c1-11(23)12(10-22)18-16(25)13-4-2-8-20(13)17(26)14-5-3-7-19(14)15(24)6-9-21/h12-14,21-22H,2-10H2,1H3,(H,18,25)/t12-,13-,14-/m0/s1. The lowest BCUT2D eigenvalue weighted by Gasteiger charge is -2.31. The molecule has 0 aromatic heterocycles. The smallest absolute Gasteiger partial charge is 0.246 e. The van der Waals surface area contributed by atoms with Crippen molar-refractivity contribution in [3.63, 3.8) is 0 Å². The van der Waals surface area contributed by atoms with Gasteiger partial charge in [-0.3, -0.25) is 19.2 Å². The van der Waals surface area contributed by atoms with Crippen LogP contribution in [0.25, 0.3) is 0 Å². The van der Waals surface area contributed by atoms with Crippen LogP contribution in [0.2, 0.25) is 0 Å². The third-order valence-electron chi connectivity index (χ3n) is 5.01. The van der Waals surface area contributed by atoms with Gasteiger partial charge in [0, 0.05) is 19.5 Å². The number of ketones is 1. The molecule has 0 bridgehead atoms. The summed E-state index contributed by atoms with van der Waals surface area (Å²) in [5.74, 6) is -1.35. The summed E-state index contributed by atoms with van der Waals surface area (Å²) in [7, 11) is 0. The van der Waals surface area contributed by atoms with Crippen molar-refractivity contribution in [2.45, 2.75) is 57.2 Å². The average molecular weight is 369 g/mol. The molecule has 0 aliphatic carbocycles. The lowest BCUT2D eigenvalue weighted by Crippen LogP contribution is -2.55. The molecule has 9 nitrogen and oxygen atoms in total. The molecule has 9 heteroatoms. The Morgan fingerprint density at radius 1 is 1.04 bits per heavy atom. The van der Waals surface area contributed by atoms with E-state index in [1.54, 1.807) is 0 Å². The van der Waals surface area contributed by atoms with E-state index in [1.165, 1.54) is 16.7 Å². The molecule has 0 radical (unpaired) electrons. The number of rotatable bonds is 7. The third-order valence-corrected chi connectivity index (χ3v) is 5.01. The highest BCUT2D eigenvalue weighted by atomic mass is 16.3. The van der Waals surface area contributed by atoms with Gasteiger partial charge in [0.15, 0.2) is 5.78 Å². The van der Waals surface area contributed by atoms with Gasteiger partial charge in [0.25, 0.3) is 0 Å². The van der Waals surface area contributed by atoms with Crippen molar-refractivity contribution in [3.05, 3.63) is 0 Å². The van der Waals surface area contributed by atoms with Crippen LogP contribution in [0, 0.1) is 0 Å². The van der Waals surface area contributed by atoms with Crippen LogP contribution in [0.3, 0.4) is 0 Å². The number of amides is 3. The molecular formula is C17H27N3O6. The molecule has 2 aliphatic heterocycles. The molecule has 3 amide bonds. The number of aliphatic hydroxyl groups is 2. The van der Waals surface area contributed by atoms with Crippen LogP contribution in [-0.4, -0.2) is 87.9 Å². The summed E-state index contributed by atoms with van der Waals surface area (Å²) >= 11 is 0. The highest BCUT2D eigenvalue weighted by molar-refractivity contribution is 5.94. The summed E-state index contributed by atoms with van der Waals surface area (Å²) in [4.78, 5) is 51.9. The van der Waals surface area contributed by atoms with Gasteiger partial charge in [-0.2, -0.15) is 0 Å². The molecule has 2 aliphatic rings. The molecule has 2 fully saturated rings. The summed E-state index contributed by atoms with van der Waals surface area (Å²) in [6, 6.07) is -2.29. The Hall–Kier alpha value is -2.00. The fourth-order valence-corrected chi connectivity index (χ4v) is 3.60. The number of nitrogens with one attached hydrogen (secondary N) is 1. The second kappa shape index (κ2) is 9.09. The fraction of sp³-hybridized carbons (Fsp3) is 0.765. The van der Waals surface area contributed by atoms with E-state index in [0.29, 0.717) is 38.8 Å². The van der Waals surface area contributed by atoms with Gasteiger partial charge in [-0.05, 0) is 32.6 Å². The van der Waals surface area contributed by atoms with Gasteiger partial charge >= 0.3 is 0 Å². The van der Waals surface area contributed by atoms with Crippen molar-refractivity contribution >= 4 is 23.5 Å². The van der Waals surface area contributed by atoms with Crippen LogP contribution < -0.4 is 5.32 Å². The maximum atomic E-state index is 12.9. The van der Waals surface area contributed by atoms with Crippen LogP contribution in [-0.2, 0) is 19.2 Å². The molecule has 146 valence electrons. The zero-order valence-electron chi connectivity index (χ0n) is 15.0. The first-order chi connectivity index (χ1) is 12.4. The van der Waals surface area contributed by atoms with E-state index in [9.17, 15) is 24.3 Å². The number of Topliss-reactive ketones (excluding diaryl/α,β-unsaturated/α-hetero) is 1. The van der Waals surface area contributed by atoms with Crippen LogP contribution in [0.15, 0.2) is 0 Å².